The highest BCUT2D eigenvalue weighted by Gasteiger charge is 2.78. The lowest BCUT2D eigenvalue weighted by molar-refractivity contribution is -0.312. The summed E-state index contributed by atoms with van der Waals surface area (Å²) in [6, 6.07) is 16.6. The molecule has 0 unspecified atom stereocenters. The van der Waals surface area contributed by atoms with Gasteiger partial charge < -0.3 is 14.6 Å². The van der Waals surface area contributed by atoms with E-state index in [4.69, 9.17) is 4.74 Å². The molecular weight excluding hydrogens is 520 g/mol. The van der Waals surface area contributed by atoms with Gasteiger partial charge in [-0.15, -0.1) is 0 Å². The molecule has 0 aliphatic heterocycles. The molecule has 0 amide bonds. The first-order chi connectivity index (χ1) is 17.6. The number of hydrogen-bond donors (Lipinski definition) is 1. The molecule has 1 aliphatic rings. The predicted molar refractivity (Wildman–Crippen MR) is 120 cm³/mol. The molecule has 202 valence electrons. The molecular formula is C26H21F6NO5. The van der Waals surface area contributed by atoms with Crippen LogP contribution in [-0.4, -0.2) is 35.5 Å². The van der Waals surface area contributed by atoms with Gasteiger partial charge in [-0.2, -0.15) is 31.6 Å². The van der Waals surface area contributed by atoms with Crippen molar-refractivity contribution >= 4 is 11.9 Å². The number of alkyl halides is 6. The third-order valence-corrected chi connectivity index (χ3v) is 6.61. The summed E-state index contributed by atoms with van der Waals surface area (Å²) < 4.78 is 85.6. The van der Waals surface area contributed by atoms with E-state index in [1.807, 2.05) is 6.07 Å². The molecule has 1 aliphatic carbocycles. The fourth-order valence-electron chi connectivity index (χ4n) is 4.78. The highest BCUT2D eigenvalue weighted by Crippen LogP contribution is 2.75. The average Bonchev–Trinajstić information content (AvgIpc) is 3.31. The van der Waals surface area contributed by atoms with Gasteiger partial charge >= 0.3 is 24.3 Å². The normalized spacial score (nSPS) is 21.5. The number of halogens is 6. The molecule has 3 atom stereocenters. The van der Waals surface area contributed by atoms with E-state index in [9.17, 15) is 46.3 Å². The van der Waals surface area contributed by atoms with Crippen molar-refractivity contribution in [2.45, 2.75) is 38.2 Å². The van der Waals surface area contributed by atoms with Crippen LogP contribution in [0.15, 0.2) is 66.7 Å². The summed E-state index contributed by atoms with van der Waals surface area (Å²) >= 11 is 0. The Hall–Kier alpha value is -4.01. The molecule has 0 bridgehead atoms. The molecule has 2 aromatic carbocycles. The second-order valence-electron chi connectivity index (χ2n) is 9.18. The minimum absolute atomic E-state index is 0.254. The summed E-state index contributed by atoms with van der Waals surface area (Å²) in [6.07, 6.45) is -14.9. The molecule has 1 N–H and O–H groups in total. The van der Waals surface area contributed by atoms with Crippen LogP contribution >= 0.6 is 0 Å². The van der Waals surface area contributed by atoms with Gasteiger partial charge in [-0.05, 0) is 35.2 Å². The lowest BCUT2D eigenvalue weighted by atomic mass is 9.78. The number of hydrogen-bond acceptors (Lipinski definition) is 5. The maximum absolute atomic E-state index is 12.7. The van der Waals surface area contributed by atoms with Gasteiger partial charge in [0.2, 0.25) is 0 Å². The SMILES string of the molecule is CC1(C)[C@H](C=CC(=O)OC(C(F)(F)F)C(F)(F)F)[C@@]1(C(=O)O)[C@@H](C#N)c1cccc(Oc2ccccc2)c1. The Morgan fingerprint density at radius 1 is 1.00 bits per heavy atom. The van der Waals surface area contributed by atoms with E-state index in [0.29, 0.717) is 17.6 Å². The van der Waals surface area contributed by atoms with Gasteiger partial charge in [0.25, 0.3) is 6.10 Å². The van der Waals surface area contributed by atoms with Crippen LogP contribution in [0.25, 0.3) is 0 Å². The topological polar surface area (TPSA) is 96.6 Å². The van der Waals surface area contributed by atoms with E-state index in [1.54, 1.807) is 42.5 Å². The van der Waals surface area contributed by atoms with Gasteiger partial charge in [-0.3, -0.25) is 4.79 Å². The van der Waals surface area contributed by atoms with E-state index in [0.717, 1.165) is 6.08 Å². The predicted octanol–water partition coefficient (Wildman–Crippen LogP) is 6.41. The zero-order chi connectivity index (χ0) is 28.5. The molecule has 3 rings (SSSR count). The Morgan fingerprint density at radius 3 is 2.11 bits per heavy atom. The van der Waals surface area contributed by atoms with Crippen LogP contribution in [0.5, 0.6) is 11.5 Å². The van der Waals surface area contributed by atoms with E-state index in [2.05, 4.69) is 4.74 Å². The van der Waals surface area contributed by atoms with Gasteiger partial charge in [0.1, 0.15) is 16.9 Å². The summed E-state index contributed by atoms with van der Waals surface area (Å²) in [4.78, 5) is 24.4. The van der Waals surface area contributed by atoms with Crippen molar-refractivity contribution < 1.29 is 50.5 Å². The Bertz CT molecular complexity index is 1250. The summed E-state index contributed by atoms with van der Waals surface area (Å²) in [6.45, 7) is 2.93. The molecule has 0 radical (unpaired) electrons. The van der Waals surface area contributed by atoms with Gasteiger partial charge in [0, 0.05) is 12.0 Å². The highest BCUT2D eigenvalue weighted by molar-refractivity contribution is 5.86. The lowest BCUT2D eigenvalue weighted by Gasteiger charge is -2.22. The standard InChI is InChI=1S/C26H21F6NO5/c1-23(2)19(11-12-20(34)38-21(25(27,28)29)26(30,31)32)24(23,22(35)36)18(14-33)15-7-6-10-17(13-15)37-16-8-4-3-5-9-16/h3-13,18-19,21H,1-2H3,(H,35,36)/t18-,19-,24+/m0/s1. The number of nitriles is 1. The lowest BCUT2D eigenvalue weighted by Crippen LogP contribution is -2.45. The van der Waals surface area contributed by atoms with Crippen molar-refractivity contribution in [1.29, 1.82) is 5.26 Å². The van der Waals surface area contributed by atoms with Gasteiger partial charge in [-0.25, -0.2) is 4.79 Å². The molecule has 0 heterocycles. The maximum atomic E-state index is 12.7. The van der Waals surface area contributed by atoms with E-state index < -0.39 is 53.1 Å². The van der Waals surface area contributed by atoms with Crippen LogP contribution in [0.3, 0.4) is 0 Å². The van der Waals surface area contributed by atoms with Crippen molar-refractivity contribution in [3.05, 3.63) is 72.3 Å². The van der Waals surface area contributed by atoms with Crippen LogP contribution in [0.1, 0.15) is 25.3 Å². The summed E-state index contributed by atoms with van der Waals surface area (Å²) in [7, 11) is 0. The Kier molecular flexibility index (Phi) is 7.55. The molecule has 1 saturated carbocycles. The minimum atomic E-state index is -5.90. The summed E-state index contributed by atoms with van der Waals surface area (Å²) in [5.74, 6) is -5.05. The van der Waals surface area contributed by atoms with Crippen molar-refractivity contribution in [2.24, 2.45) is 16.7 Å². The third-order valence-electron chi connectivity index (χ3n) is 6.61. The van der Waals surface area contributed by atoms with Crippen molar-refractivity contribution in [2.75, 3.05) is 0 Å². The number of aliphatic carboxylic acids is 1. The number of carboxylic acids is 1. The Labute approximate surface area is 213 Å². The van der Waals surface area contributed by atoms with Crippen LogP contribution in [-0.2, 0) is 14.3 Å². The van der Waals surface area contributed by atoms with Gasteiger partial charge in [0.15, 0.2) is 0 Å². The molecule has 6 nitrogen and oxygen atoms in total. The third kappa shape index (κ3) is 5.32. The number of para-hydroxylation sites is 1. The molecule has 0 aromatic heterocycles. The number of carbonyl (C=O) groups is 2. The number of allylic oxidation sites excluding steroid dienone is 1. The van der Waals surface area contributed by atoms with Gasteiger partial charge in [-0.1, -0.05) is 50.3 Å². The van der Waals surface area contributed by atoms with E-state index >= 15 is 0 Å². The molecule has 2 aromatic rings. The molecule has 12 heteroatoms. The second kappa shape index (κ2) is 10.0. The summed E-state index contributed by atoms with van der Waals surface area (Å²) in [5.41, 5.74) is -2.83. The van der Waals surface area contributed by atoms with Crippen molar-refractivity contribution in [1.82, 2.24) is 0 Å². The van der Waals surface area contributed by atoms with E-state index in [1.165, 1.54) is 26.0 Å². The largest absolute Gasteiger partial charge is 0.481 e. The first-order valence-corrected chi connectivity index (χ1v) is 11.0. The number of carbonyl (C=O) groups excluding carboxylic acids is 1. The minimum Gasteiger partial charge on any atom is -0.481 e. The van der Waals surface area contributed by atoms with Crippen LogP contribution in [0.4, 0.5) is 26.3 Å². The van der Waals surface area contributed by atoms with Crippen LogP contribution < -0.4 is 4.74 Å². The quantitative estimate of drug-likeness (QED) is 0.236. The molecule has 0 spiro atoms. The first kappa shape index (κ1) is 28.6. The van der Waals surface area contributed by atoms with Gasteiger partial charge in [0.05, 0.1) is 12.0 Å². The first-order valence-electron chi connectivity index (χ1n) is 11.0. The molecule has 1 fully saturated rings. The molecule has 38 heavy (non-hydrogen) atoms. The van der Waals surface area contributed by atoms with Crippen molar-refractivity contribution in [3.63, 3.8) is 0 Å². The number of rotatable bonds is 8. The van der Waals surface area contributed by atoms with Crippen molar-refractivity contribution in [3.8, 4) is 17.6 Å². The fraction of sp³-hybridized carbons (Fsp3) is 0.346. The molecule has 0 saturated heterocycles. The zero-order valence-corrected chi connectivity index (χ0v) is 19.9. The van der Waals surface area contributed by atoms with Crippen LogP contribution in [0, 0.1) is 28.1 Å². The van der Waals surface area contributed by atoms with E-state index in [-0.39, 0.29) is 5.56 Å². The second-order valence-corrected chi connectivity index (χ2v) is 9.18. The number of esters is 1. The number of ether oxygens (including phenoxy) is 2. The smallest absolute Gasteiger partial charge is 0.434 e. The number of nitrogens with zero attached hydrogens (tertiary/aromatic N) is 1. The monoisotopic (exact) mass is 541 g/mol. The number of benzene rings is 2. The number of carboxylic acid groups (broad SMARTS) is 1. The average molecular weight is 541 g/mol. The fourth-order valence-corrected chi connectivity index (χ4v) is 4.78. The zero-order valence-electron chi connectivity index (χ0n) is 19.9. The maximum Gasteiger partial charge on any atom is 0.434 e. The summed E-state index contributed by atoms with van der Waals surface area (Å²) in [5, 5.41) is 20.2. The van der Waals surface area contributed by atoms with Crippen LogP contribution in [0.2, 0.25) is 0 Å². The Balaban J connectivity index is 1.90. The Morgan fingerprint density at radius 2 is 1.58 bits per heavy atom. The highest BCUT2D eigenvalue weighted by atomic mass is 19.4.